The first-order valence-electron chi connectivity index (χ1n) is 6.09. The number of halogens is 1. The first kappa shape index (κ1) is 12.3. The lowest BCUT2D eigenvalue weighted by Gasteiger charge is -2.04. The maximum Gasteiger partial charge on any atom is 0.270 e. The number of pyridine rings is 1. The molecule has 0 aliphatic heterocycles. The van der Waals surface area contributed by atoms with E-state index in [1.807, 2.05) is 0 Å². The van der Waals surface area contributed by atoms with Crippen LogP contribution in [0, 0.1) is 5.82 Å². The summed E-state index contributed by atoms with van der Waals surface area (Å²) in [4.78, 5) is 16.1. The molecule has 3 rings (SSSR count). The molecule has 20 heavy (non-hydrogen) atoms. The van der Waals surface area contributed by atoms with Crippen molar-refractivity contribution < 1.29 is 13.6 Å². The molecule has 0 saturated carbocycles. The number of amides is 1. The number of furan rings is 1. The van der Waals surface area contributed by atoms with Gasteiger partial charge in [0.25, 0.3) is 5.91 Å². The molecule has 0 aliphatic rings. The van der Waals surface area contributed by atoms with Gasteiger partial charge in [0, 0.05) is 11.5 Å². The van der Waals surface area contributed by atoms with E-state index in [1.165, 1.54) is 12.1 Å². The van der Waals surface area contributed by atoms with Crippen molar-refractivity contribution >= 4 is 16.8 Å². The molecule has 0 atom stereocenters. The SMILES string of the molecule is O=C(NCc1ccco1)c1ccc2ccc(F)cc2n1. The van der Waals surface area contributed by atoms with Crippen LogP contribution in [0.2, 0.25) is 0 Å². The summed E-state index contributed by atoms with van der Waals surface area (Å²) >= 11 is 0. The average Bonchev–Trinajstić information content (AvgIpc) is 2.97. The fourth-order valence-corrected chi connectivity index (χ4v) is 1.89. The summed E-state index contributed by atoms with van der Waals surface area (Å²) in [5, 5.41) is 3.48. The molecule has 2 heterocycles. The molecular weight excluding hydrogens is 259 g/mol. The lowest BCUT2D eigenvalue weighted by atomic mass is 10.2. The Balaban J connectivity index is 1.80. The van der Waals surface area contributed by atoms with Crippen molar-refractivity contribution in [2.45, 2.75) is 6.54 Å². The molecule has 3 aromatic rings. The number of nitrogens with one attached hydrogen (secondary N) is 1. The van der Waals surface area contributed by atoms with Crippen molar-refractivity contribution in [3.63, 3.8) is 0 Å². The molecule has 0 radical (unpaired) electrons. The van der Waals surface area contributed by atoms with Crippen LogP contribution >= 0.6 is 0 Å². The molecule has 0 fully saturated rings. The van der Waals surface area contributed by atoms with Gasteiger partial charge in [-0.1, -0.05) is 6.07 Å². The van der Waals surface area contributed by atoms with E-state index >= 15 is 0 Å². The van der Waals surface area contributed by atoms with Gasteiger partial charge >= 0.3 is 0 Å². The van der Waals surface area contributed by atoms with Crippen molar-refractivity contribution in [1.29, 1.82) is 0 Å². The number of carbonyl (C=O) groups is 1. The van der Waals surface area contributed by atoms with Crippen LogP contribution in [0.1, 0.15) is 16.2 Å². The van der Waals surface area contributed by atoms with E-state index in [4.69, 9.17) is 4.42 Å². The fraction of sp³-hybridized carbons (Fsp3) is 0.0667. The van der Waals surface area contributed by atoms with Crippen LogP contribution in [0.3, 0.4) is 0 Å². The molecule has 0 aliphatic carbocycles. The quantitative estimate of drug-likeness (QED) is 0.796. The highest BCUT2D eigenvalue weighted by molar-refractivity contribution is 5.94. The van der Waals surface area contributed by atoms with E-state index in [1.54, 1.807) is 36.6 Å². The van der Waals surface area contributed by atoms with Gasteiger partial charge in [-0.25, -0.2) is 9.37 Å². The molecule has 1 N–H and O–H groups in total. The van der Waals surface area contributed by atoms with Crippen LogP contribution in [-0.4, -0.2) is 10.9 Å². The first-order valence-corrected chi connectivity index (χ1v) is 6.09. The number of rotatable bonds is 3. The minimum atomic E-state index is -0.377. The van der Waals surface area contributed by atoms with Crippen molar-refractivity contribution in [3.05, 3.63) is 66.0 Å². The third kappa shape index (κ3) is 2.51. The van der Waals surface area contributed by atoms with Gasteiger partial charge in [0.2, 0.25) is 0 Å². The van der Waals surface area contributed by atoms with Gasteiger partial charge in [-0.05, 0) is 30.3 Å². The number of fused-ring (bicyclic) bond motifs is 1. The van der Waals surface area contributed by atoms with Crippen LogP contribution in [0.4, 0.5) is 4.39 Å². The molecule has 4 nitrogen and oxygen atoms in total. The van der Waals surface area contributed by atoms with E-state index in [0.29, 0.717) is 11.3 Å². The summed E-state index contributed by atoms with van der Waals surface area (Å²) in [6.45, 7) is 0.286. The molecule has 2 aromatic heterocycles. The lowest BCUT2D eigenvalue weighted by Crippen LogP contribution is -2.23. The number of benzene rings is 1. The summed E-state index contributed by atoms with van der Waals surface area (Å²) < 4.78 is 18.3. The molecule has 100 valence electrons. The van der Waals surface area contributed by atoms with Crippen molar-refractivity contribution in [3.8, 4) is 0 Å². The zero-order chi connectivity index (χ0) is 13.9. The predicted octanol–water partition coefficient (Wildman–Crippen LogP) is 2.90. The molecule has 0 saturated heterocycles. The molecule has 0 bridgehead atoms. The number of nitrogens with zero attached hydrogens (tertiary/aromatic N) is 1. The molecule has 0 spiro atoms. The Hall–Kier alpha value is -2.69. The Morgan fingerprint density at radius 2 is 2.10 bits per heavy atom. The zero-order valence-corrected chi connectivity index (χ0v) is 10.5. The van der Waals surface area contributed by atoms with Crippen molar-refractivity contribution in [2.24, 2.45) is 0 Å². The van der Waals surface area contributed by atoms with Crippen LogP contribution in [0.5, 0.6) is 0 Å². The minimum Gasteiger partial charge on any atom is -0.467 e. The third-order valence-corrected chi connectivity index (χ3v) is 2.89. The van der Waals surface area contributed by atoms with Crippen LogP contribution in [0.25, 0.3) is 10.9 Å². The summed E-state index contributed by atoms with van der Waals surface area (Å²) in [5.41, 5.74) is 0.699. The smallest absolute Gasteiger partial charge is 0.270 e. The number of carbonyl (C=O) groups excluding carboxylic acids is 1. The molecule has 5 heteroatoms. The van der Waals surface area contributed by atoms with Gasteiger partial charge in [0.15, 0.2) is 0 Å². The van der Waals surface area contributed by atoms with Gasteiger partial charge < -0.3 is 9.73 Å². The van der Waals surface area contributed by atoms with Crippen molar-refractivity contribution in [1.82, 2.24) is 10.3 Å². The van der Waals surface area contributed by atoms with Crippen LogP contribution in [0.15, 0.2) is 53.1 Å². The third-order valence-electron chi connectivity index (χ3n) is 2.89. The van der Waals surface area contributed by atoms with Gasteiger partial charge in [-0.15, -0.1) is 0 Å². The van der Waals surface area contributed by atoms with E-state index in [2.05, 4.69) is 10.3 Å². The van der Waals surface area contributed by atoms with E-state index in [9.17, 15) is 9.18 Å². The standard InChI is InChI=1S/C15H11FN2O2/c16-11-5-3-10-4-6-13(18-14(10)8-11)15(19)17-9-12-2-1-7-20-12/h1-8H,9H2,(H,17,19). The summed E-state index contributed by atoms with van der Waals surface area (Å²) in [7, 11) is 0. The van der Waals surface area contributed by atoms with E-state index < -0.39 is 0 Å². The van der Waals surface area contributed by atoms with Gasteiger partial charge in [0.05, 0.1) is 18.3 Å². The highest BCUT2D eigenvalue weighted by atomic mass is 19.1. The topological polar surface area (TPSA) is 55.1 Å². The summed E-state index contributed by atoms with van der Waals surface area (Å²) in [6.07, 6.45) is 1.54. The van der Waals surface area contributed by atoms with Gasteiger partial charge in [-0.3, -0.25) is 4.79 Å². The molecule has 1 aromatic carbocycles. The maximum absolute atomic E-state index is 13.2. The van der Waals surface area contributed by atoms with E-state index in [-0.39, 0.29) is 24.0 Å². The number of aromatic nitrogens is 1. The molecule has 0 unspecified atom stereocenters. The Bertz CT molecular complexity index is 754. The van der Waals surface area contributed by atoms with Crippen molar-refractivity contribution in [2.75, 3.05) is 0 Å². The zero-order valence-electron chi connectivity index (χ0n) is 10.5. The highest BCUT2D eigenvalue weighted by Gasteiger charge is 2.09. The number of hydrogen-bond donors (Lipinski definition) is 1. The highest BCUT2D eigenvalue weighted by Crippen LogP contribution is 2.14. The Labute approximate surface area is 114 Å². The summed E-state index contributed by atoms with van der Waals surface area (Å²) in [5.74, 6) is -0.0455. The second-order valence-corrected chi connectivity index (χ2v) is 4.30. The molecular formula is C15H11FN2O2. The Morgan fingerprint density at radius 3 is 2.90 bits per heavy atom. The number of hydrogen-bond acceptors (Lipinski definition) is 3. The lowest BCUT2D eigenvalue weighted by molar-refractivity contribution is 0.0943. The average molecular weight is 270 g/mol. The normalized spacial score (nSPS) is 10.7. The second kappa shape index (κ2) is 5.13. The van der Waals surface area contributed by atoms with Crippen LogP contribution in [-0.2, 0) is 6.54 Å². The van der Waals surface area contributed by atoms with Crippen LogP contribution < -0.4 is 5.32 Å². The predicted molar refractivity (Wildman–Crippen MR) is 71.6 cm³/mol. The largest absolute Gasteiger partial charge is 0.467 e. The first-order chi connectivity index (χ1) is 9.72. The fourth-order valence-electron chi connectivity index (χ4n) is 1.89. The minimum absolute atomic E-state index is 0.245. The maximum atomic E-state index is 13.2. The molecule has 1 amide bonds. The second-order valence-electron chi connectivity index (χ2n) is 4.30. The van der Waals surface area contributed by atoms with Gasteiger partial charge in [0.1, 0.15) is 17.3 Å². The summed E-state index contributed by atoms with van der Waals surface area (Å²) in [6, 6.07) is 11.2. The monoisotopic (exact) mass is 270 g/mol. The Morgan fingerprint density at radius 1 is 1.25 bits per heavy atom. The van der Waals surface area contributed by atoms with Gasteiger partial charge in [-0.2, -0.15) is 0 Å². The Kier molecular flexibility index (Phi) is 3.16. The van der Waals surface area contributed by atoms with E-state index in [0.717, 1.165) is 5.39 Å².